The Bertz CT molecular complexity index is 1340. The lowest BCUT2D eigenvalue weighted by Crippen LogP contribution is -2.29. The number of carbonyl (C=O) groups is 1. The van der Waals surface area contributed by atoms with Crippen molar-refractivity contribution < 1.29 is 19.0 Å². The zero-order valence-electron chi connectivity index (χ0n) is 22.7. The Labute approximate surface area is 230 Å². The zero-order chi connectivity index (χ0) is 27.2. The first-order chi connectivity index (χ1) is 19.0. The molecule has 2 aliphatic rings. The lowest BCUT2D eigenvalue weighted by atomic mass is 10.0. The number of anilines is 1. The summed E-state index contributed by atoms with van der Waals surface area (Å²) in [6, 6.07) is 20.0. The zero-order valence-corrected chi connectivity index (χ0v) is 22.7. The molecule has 39 heavy (non-hydrogen) atoms. The molecule has 5 rings (SSSR count). The van der Waals surface area contributed by atoms with Gasteiger partial charge in [0.15, 0.2) is 6.29 Å². The van der Waals surface area contributed by atoms with Crippen LogP contribution in [0, 0.1) is 5.92 Å². The smallest absolute Gasteiger partial charge is 0.224 e. The molecule has 201 valence electrons. The standard InChI is InChI=1S/C33H35N2O4/c1-23(2)26-14-15-31(37-18-19-39-32-13-7-8-17-38-32)27(20-26)22-35(24(3)36)30-12-9-16-34-33(30)29-21-28(29)25-10-5-4-6-11-25/h4-6,9-12,14-16,20-21,32H,1,7-8,13,17-19,22H2,2-3H3. The molecule has 1 radical (unpaired) electrons. The van der Waals surface area contributed by atoms with Crippen LogP contribution in [0.15, 0.2) is 79.5 Å². The number of hydrogen-bond donors (Lipinski definition) is 0. The van der Waals surface area contributed by atoms with E-state index in [2.05, 4.69) is 29.8 Å². The summed E-state index contributed by atoms with van der Waals surface area (Å²) in [6.45, 7) is 9.57. The fraction of sp³-hybridized carbons (Fsp3) is 0.303. The SMILES string of the molecule is C=C(C)c1ccc(OCCOC2CCCCO2)c(CN(C(C)=O)c2cccnc2[C]2C=C2c2ccccc2)c1. The van der Waals surface area contributed by atoms with E-state index in [-0.39, 0.29) is 12.2 Å². The summed E-state index contributed by atoms with van der Waals surface area (Å²) >= 11 is 0. The second-order valence-corrected chi connectivity index (χ2v) is 9.93. The summed E-state index contributed by atoms with van der Waals surface area (Å²) in [5.41, 5.74) is 6.70. The third-order valence-corrected chi connectivity index (χ3v) is 6.96. The first kappa shape index (κ1) is 26.9. The van der Waals surface area contributed by atoms with Crippen molar-refractivity contribution in [3.63, 3.8) is 0 Å². The maximum Gasteiger partial charge on any atom is 0.224 e. The Morgan fingerprint density at radius 2 is 1.92 bits per heavy atom. The molecule has 0 saturated carbocycles. The summed E-state index contributed by atoms with van der Waals surface area (Å²) in [5.74, 6) is 1.69. The average Bonchev–Trinajstić information content (AvgIpc) is 3.76. The van der Waals surface area contributed by atoms with Crippen LogP contribution in [0.4, 0.5) is 5.69 Å². The molecule has 1 atom stereocenters. The molecule has 6 heteroatoms. The summed E-state index contributed by atoms with van der Waals surface area (Å²) in [6.07, 6.45) is 6.86. The number of benzene rings is 2. The topological polar surface area (TPSA) is 60.9 Å². The maximum atomic E-state index is 13.0. The van der Waals surface area contributed by atoms with E-state index in [1.807, 2.05) is 55.5 Å². The van der Waals surface area contributed by atoms with Crippen molar-refractivity contribution in [1.82, 2.24) is 4.98 Å². The number of allylic oxidation sites excluding steroid dienone is 3. The fourth-order valence-corrected chi connectivity index (χ4v) is 4.80. The Balaban J connectivity index is 1.35. The van der Waals surface area contributed by atoms with E-state index in [1.54, 1.807) is 18.0 Å². The minimum absolute atomic E-state index is 0.0729. The molecule has 1 amide bonds. The van der Waals surface area contributed by atoms with Gasteiger partial charge in [0.2, 0.25) is 5.91 Å². The number of pyridine rings is 1. The number of aromatic nitrogens is 1. The molecule has 0 bridgehead atoms. The number of hydrogen-bond acceptors (Lipinski definition) is 5. The van der Waals surface area contributed by atoms with E-state index in [1.165, 1.54) is 0 Å². The van der Waals surface area contributed by atoms with Gasteiger partial charge in [-0.05, 0) is 67.2 Å². The molecular formula is C33H35N2O4. The lowest BCUT2D eigenvalue weighted by Gasteiger charge is -2.25. The van der Waals surface area contributed by atoms with Crippen LogP contribution < -0.4 is 9.64 Å². The number of nitrogens with zero attached hydrogens (tertiary/aromatic N) is 2. The molecule has 1 saturated heterocycles. The lowest BCUT2D eigenvalue weighted by molar-refractivity contribution is -0.165. The highest BCUT2D eigenvalue weighted by atomic mass is 16.7. The Morgan fingerprint density at radius 3 is 2.67 bits per heavy atom. The molecule has 0 N–H and O–H groups in total. The van der Waals surface area contributed by atoms with E-state index >= 15 is 0 Å². The van der Waals surface area contributed by atoms with Gasteiger partial charge in [-0.3, -0.25) is 9.78 Å². The highest BCUT2D eigenvalue weighted by Crippen LogP contribution is 2.47. The van der Waals surface area contributed by atoms with Crippen LogP contribution in [0.5, 0.6) is 5.75 Å². The first-order valence-electron chi connectivity index (χ1n) is 13.5. The second kappa shape index (κ2) is 12.4. The van der Waals surface area contributed by atoms with Crippen LogP contribution >= 0.6 is 0 Å². The van der Waals surface area contributed by atoms with Crippen molar-refractivity contribution >= 4 is 22.7 Å². The van der Waals surface area contributed by atoms with Gasteiger partial charge in [0, 0.05) is 25.3 Å². The van der Waals surface area contributed by atoms with Crippen LogP contribution in [0.2, 0.25) is 0 Å². The van der Waals surface area contributed by atoms with Gasteiger partial charge in [0.1, 0.15) is 12.4 Å². The van der Waals surface area contributed by atoms with Gasteiger partial charge >= 0.3 is 0 Å². The molecule has 1 aliphatic carbocycles. The molecule has 1 unspecified atom stereocenters. The largest absolute Gasteiger partial charge is 0.491 e. The molecule has 1 aliphatic heterocycles. The minimum atomic E-state index is -0.154. The third-order valence-electron chi connectivity index (χ3n) is 6.96. The Kier molecular flexibility index (Phi) is 8.54. The number of rotatable bonds is 11. The van der Waals surface area contributed by atoms with Crippen LogP contribution in [-0.4, -0.2) is 37.0 Å². The maximum absolute atomic E-state index is 13.0. The molecule has 1 aromatic heterocycles. The van der Waals surface area contributed by atoms with E-state index in [4.69, 9.17) is 14.2 Å². The van der Waals surface area contributed by atoms with Crippen molar-refractivity contribution in [2.24, 2.45) is 0 Å². The number of amides is 1. The van der Waals surface area contributed by atoms with Crippen molar-refractivity contribution in [3.8, 4) is 5.75 Å². The fourth-order valence-electron chi connectivity index (χ4n) is 4.80. The molecular weight excluding hydrogens is 488 g/mol. The first-order valence-corrected chi connectivity index (χ1v) is 13.5. The molecule has 3 aromatic rings. The van der Waals surface area contributed by atoms with Crippen molar-refractivity contribution in [2.45, 2.75) is 45.9 Å². The van der Waals surface area contributed by atoms with Gasteiger partial charge in [0.05, 0.1) is 30.5 Å². The predicted molar refractivity (Wildman–Crippen MR) is 154 cm³/mol. The van der Waals surface area contributed by atoms with Gasteiger partial charge in [0.25, 0.3) is 0 Å². The van der Waals surface area contributed by atoms with Crippen molar-refractivity contribution in [3.05, 3.63) is 108 Å². The quantitative estimate of drug-likeness (QED) is 0.265. The molecule has 1 fully saturated rings. The Morgan fingerprint density at radius 1 is 1.08 bits per heavy atom. The van der Waals surface area contributed by atoms with Gasteiger partial charge in [-0.15, -0.1) is 0 Å². The van der Waals surface area contributed by atoms with Crippen molar-refractivity contribution in [2.75, 3.05) is 24.7 Å². The number of ether oxygens (including phenoxy) is 3. The van der Waals surface area contributed by atoms with Crippen LogP contribution in [0.3, 0.4) is 0 Å². The summed E-state index contributed by atoms with van der Waals surface area (Å²) < 4.78 is 17.7. The summed E-state index contributed by atoms with van der Waals surface area (Å²) in [5, 5.41) is 0. The van der Waals surface area contributed by atoms with E-state index < -0.39 is 0 Å². The molecule has 6 nitrogen and oxygen atoms in total. The highest BCUT2D eigenvalue weighted by molar-refractivity contribution is 6.01. The highest BCUT2D eigenvalue weighted by Gasteiger charge is 2.34. The summed E-state index contributed by atoms with van der Waals surface area (Å²) in [4.78, 5) is 19.5. The van der Waals surface area contributed by atoms with Crippen LogP contribution in [-0.2, 0) is 20.8 Å². The molecule has 0 spiro atoms. The van der Waals surface area contributed by atoms with Gasteiger partial charge < -0.3 is 19.1 Å². The van der Waals surface area contributed by atoms with Gasteiger partial charge in [-0.1, -0.05) is 54.6 Å². The van der Waals surface area contributed by atoms with E-state index in [0.29, 0.717) is 25.5 Å². The van der Waals surface area contributed by atoms with Crippen LogP contribution in [0.25, 0.3) is 11.1 Å². The van der Waals surface area contributed by atoms with Crippen LogP contribution in [0.1, 0.15) is 55.5 Å². The van der Waals surface area contributed by atoms with Crippen molar-refractivity contribution in [1.29, 1.82) is 0 Å². The van der Waals surface area contributed by atoms with E-state index in [0.717, 1.165) is 71.0 Å². The van der Waals surface area contributed by atoms with Gasteiger partial charge in [-0.25, -0.2) is 0 Å². The Hall–Kier alpha value is -3.74. The second-order valence-electron chi connectivity index (χ2n) is 9.93. The molecule has 2 aromatic carbocycles. The monoisotopic (exact) mass is 523 g/mol. The van der Waals surface area contributed by atoms with Gasteiger partial charge in [-0.2, -0.15) is 0 Å². The minimum Gasteiger partial charge on any atom is -0.491 e. The van der Waals surface area contributed by atoms with E-state index in [9.17, 15) is 4.79 Å². The third kappa shape index (κ3) is 6.64. The predicted octanol–water partition coefficient (Wildman–Crippen LogP) is 6.61. The number of carbonyl (C=O) groups excluding carboxylic acids is 1. The molecule has 2 heterocycles. The average molecular weight is 524 g/mol. The normalized spacial score (nSPS) is 16.9. The summed E-state index contributed by atoms with van der Waals surface area (Å²) in [7, 11) is 0.